The minimum atomic E-state index is -0.506. The molecule has 0 aromatic heterocycles. The summed E-state index contributed by atoms with van der Waals surface area (Å²) >= 11 is 3.41. The van der Waals surface area contributed by atoms with Crippen LogP contribution in [0, 0.1) is 0 Å². The Labute approximate surface area is 149 Å². The molecule has 5 nitrogen and oxygen atoms in total. The van der Waals surface area contributed by atoms with E-state index in [2.05, 4.69) is 15.9 Å². The normalized spacial score (nSPS) is 11.9. The quantitative estimate of drug-likeness (QED) is 0.671. The number of aryl methyl sites for hydroxylation is 1. The summed E-state index contributed by atoms with van der Waals surface area (Å²) in [6.07, 6.45) is 2.07. The fourth-order valence-electron chi connectivity index (χ4n) is 2.61. The third kappa shape index (κ3) is 4.41. The largest absolute Gasteiger partial charge is 0.508 e. The van der Waals surface area contributed by atoms with Gasteiger partial charge in [0.25, 0.3) is 0 Å². The first-order valence-electron chi connectivity index (χ1n) is 7.56. The molecule has 2 aromatic carbocycles. The molecule has 4 N–H and O–H groups in total. The van der Waals surface area contributed by atoms with E-state index in [1.165, 1.54) is 13.2 Å². The summed E-state index contributed by atoms with van der Waals surface area (Å²) in [7, 11) is 1.46. The molecule has 6 heteroatoms. The minimum absolute atomic E-state index is 0.0273. The Morgan fingerprint density at radius 1 is 1.25 bits per heavy atom. The lowest BCUT2D eigenvalue weighted by atomic mass is 9.91. The van der Waals surface area contributed by atoms with Crippen molar-refractivity contribution < 1.29 is 19.7 Å². The number of aromatic hydroxyl groups is 2. The van der Waals surface area contributed by atoms with Crippen LogP contribution in [0.25, 0.3) is 0 Å². The van der Waals surface area contributed by atoms with Gasteiger partial charge in [-0.25, -0.2) is 0 Å². The van der Waals surface area contributed by atoms with Gasteiger partial charge in [-0.05, 0) is 54.7 Å². The molecule has 0 heterocycles. The molecular formula is C18H20BrNO4. The van der Waals surface area contributed by atoms with Crippen LogP contribution in [0.1, 0.15) is 29.9 Å². The number of benzene rings is 2. The molecule has 0 aliphatic rings. The number of rotatable bonds is 7. The molecule has 0 aliphatic carbocycles. The highest BCUT2D eigenvalue weighted by Gasteiger charge is 2.22. The summed E-state index contributed by atoms with van der Waals surface area (Å²) in [6, 6.07) is 10.1. The van der Waals surface area contributed by atoms with Crippen LogP contribution in [0.5, 0.6) is 17.2 Å². The Morgan fingerprint density at radius 2 is 1.92 bits per heavy atom. The summed E-state index contributed by atoms with van der Waals surface area (Å²) < 4.78 is 5.72. The molecule has 128 valence electrons. The number of phenols is 2. The fourth-order valence-corrected chi connectivity index (χ4v) is 3.21. The topological polar surface area (TPSA) is 92.8 Å². The van der Waals surface area contributed by atoms with E-state index >= 15 is 0 Å². The summed E-state index contributed by atoms with van der Waals surface area (Å²) in [4.78, 5) is 11.9. The van der Waals surface area contributed by atoms with E-state index in [1.807, 2.05) is 12.1 Å². The van der Waals surface area contributed by atoms with Crippen molar-refractivity contribution in [3.63, 3.8) is 0 Å². The average molecular weight is 394 g/mol. The third-order valence-corrected chi connectivity index (χ3v) is 4.60. The van der Waals surface area contributed by atoms with Gasteiger partial charge in [0.1, 0.15) is 5.75 Å². The van der Waals surface area contributed by atoms with Crippen LogP contribution in [0.2, 0.25) is 0 Å². The molecule has 1 amide bonds. The van der Waals surface area contributed by atoms with Gasteiger partial charge in [-0.3, -0.25) is 4.79 Å². The number of nitrogens with two attached hydrogens (primary N) is 1. The zero-order valence-corrected chi connectivity index (χ0v) is 14.9. The Balaban J connectivity index is 2.11. The fraction of sp³-hybridized carbons (Fsp3) is 0.278. The number of carbonyl (C=O) groups excluding carboxylic acids is 1. The Kier molecular flexibility index (Phi) is 6.09. The zero-order chi connectivity index (χ0) is 17.7. The molecule has 24 heavy (non-hydrogen) atoms. The number of ether oxygens (including phenoxy) is 1. The lowest BCUT2D eigenvalue weighted by Gasteiger charge is -2.17. The highest BCUT2D eigenvalue weighted by Crippen LogP contribution is 2.37. The van der Waals surface area contributed by atoms with Crippen molar-refractivity contribution in [2.24, 2.45) is 5.73 Å². The van der Waals surface area contributed by atoms with Crippen molar-refractivity contribution in [3.8, 4) is 17.2 Å². The van der Waals surface area contributed by atoms with Gasteiger partial charge in [-0.1, -0.05) is 28.1 Å². The number of phenolic OH excluding ortho intramolecular Hbond substituents is 2. The van der Waals surface area contributed by atoms with Crippen LogP contribution >= 0.6 is 15.9 Å². The van der Waals surface area contributed by atoms with Crippen LogP contribution < -0.4 is 10.5 Å². The highest BCUT2D eigenvalue weighted by atomic mass is 79.9. The summed E-state index contributed by atoms with van der Waals surface area (Å²) in [5.74, 6) is -0.413. The highest BCUT2D eigenvalue weighted by molar-refractivity contribution is 9.10. The maximum Gasteiger partial charge on any atom is 0.225 e. The molecule has 1 atom stereocenters. The molecule has 2 aromatic rings. The third-order valence-electron chi connectivity index (χ3n) is 3.91. The Hall–Kier alpha value is -2.21. The molecule has 0 saturated carbocycles. The Bertz CT molecular complexity index is 716. The molecule has 2 rings (SSSR count). The average Bonchev–Trinajstić information content (AvgIpc) is 2.55. The van der Waals surface area contributed by atoms with Crippen LogP contribution in [0.3, 0.4) is 0 Å². The van der Waals surface area contributed by atoms with Gasteiger partial charge in [0.05, 0.1) is 13.0 Å². The van der Waals surface area contributed by atoms with E-state index < -0.39 is 11.8 Å². The molecule has 0 saturated heterocycles. The first-order valence-corrected chi connectivity index (χ1v) is 8.35. The number of primary amides is 1. The number of amides is 1. The van der Waals surface area contributed by atoms with Crippen molar-refractivity contribution in [1.29, 1.82) is 0 Å². The standard InChI is InChI=1S/C18H20BrNO4/c1-24-17-10-15(19)14(9-16(17)22)13(18(20)23)4-2-3-11-5-7-12(21)8-6-11/h5-10,13,21-22H,2-4H2,1H3,(H2,20,23). The second kappa shape index (κ2) is 8.06. The van der Waals surface area contributed by atoms with E-state index in [1.54, 1.807) is 18.2 Å². The number of halogens is 1. The second-order valence-electron chi connectivity index (χ2n) is 5.56. The summed E-state index contributed by atoms with van der Waals surface area (Å²) in [5, 5.41) is 19.2. The zero-order valence-electron chi connectivity index (χ0n) is 13.3. The Morgan fingerprint density at radius 3 is 2.50 bits per heavy atom. The van der Waals surface area contributed by atoms with Gasteiger partial charge in [-0.2, -0.15) is 0 Å². The van der Waals surface area contributed by atoms with Crippen molar-refractivity contribution in [2.45, 2.75) is 25.2 Å². The van der Waals surface area contributed by atoms with Gasteiger partial charge in [-0.15, -0.1) is 0 Å². The van der Waals surface area contributed by atoms with Gasteiger partial charge < -0.3 is 20.7 Å². The molecule has 0 spiro atoms. The molecule has 0 aliphatic heterocycles. The number of carbonyl (C=O) groups is 1. The lowest BCUT2D eigenvalue weighted by Crippen LogP contribution is -2.22. The van der Waals surface area contributed by atoms with E-state index in [-0.39, 0.29) is 11.5 Å². The van der Waals surface area contributed by atoms with Crippen LogP contribution in [0.15, 0.2) is 40.9 Å². The maximum atomic E-state index is 11.9. The van der Waals surface area contributed by atoms with Crippen molar-refractivity contribution >= 4 is 21.8 Å². The van der Waals surface area contributed by atoms with Gasteiger partial charge in [0.2, 0.25) is 5.91 Å². The first-order chi connectivity index (χ1) is 11.4. The van der Waals surface area contributed by atoms with E-state index in [0.717, 1.165) is 18.4 Å². The maximum absolute atomic E-state index is 11.9. The molecule has 0 radical (unpaired) electrons. The first kappa shape index (κ1) is 18.1. The van der Waals surface area contributed by atoms with E-state index in [4.69, 9.17) is 10.5 Å². The predicted molar refractivity (Wildman–Crippen MR) is 95.3 cm³/mol. The monoisotopic (exact) mass is 393 g/mol. The van der Waals surface area contributed by atoms with Crippen LogP contribution in [0.4, 0.5) is 0 Å². The van der Waals surface area contributed by atoms with Gasteiger partial charge in [0.15, 0.2) is 11.5 Å². The lowest BCUT2D eigenvalue weighted by molar-refractivity contribution is -0.119. The molecule has 0 bridgehead atoms. The second-order valence-corrected chi connectivity index (χ2v) is 6.41. The molecule has 1 unspecified atom stereocenters. The SMILES string of the molecule is COc1cc(Br)c(C(CCCc2ccc(O)cc2)C(N)=O)cc1O. The summed E-state index contributed by atoms with van der Waals surface area (Å²) in [5.41, 5.74) is 7.27. The summed E-state index contributed by atoms with van der Waals surface area (Å²) in [6.45, 7) is 0. The van der Waals surface area contributed by atoms with E-state index in [0.29, 0.717) is 22.2 Å². The van der Waals surface area contributed by atoms with Gasteiger partial charge >= 0.3 is 0 Å². The number of methoxy groups -OCH3 is 1. The van der Waals surface area contributed by atoms with Crippen LogP contribution in [-0.2, 0) is 11.2 Å². The van der Waals surface area contributed by atoms with Crippen molar-refractivity contribution in [1.82, 2.24) is 0 Å². The number of hydrogen-bond donors (Lipinski definition) is 3. The number of hydrogen-bond acceptors (Lipinski definition) is 4. The van der Waals surface area contributed by atoms with Crippen LogP contribution in [-0.4, -0.2) is 23.2 Å². The molecule has 0 fully saturated rings. The van der Waals surface area contributed by atoms with Crippen molar-refractivity contribution in [2.75, 3.05) is 7.11 Å². The van der Waals surface area contributed by atoms with Crippen molar-refractivity contribution in [3.05, 3.63) is 52.0 Å². The van der Waals surface area contributed by atoms with E-state index in [9.17, 15) is 15.0 Å². The predicted octanol–water partition coefficient (Wildman–Crippen LogP) is 3.46. The smallest absolute Gasteiger partial charge is 0.225 e. The molecular weight excluding hydrogens is 374 g/mol. The minimum Gasteiger partial charge on any atom is -0.508 e. The van der Waals surface area contributed by atoms with Gasteiger partial charge in [0, 0.05) is 4.47 Å².